The van der Waals surface area contributed by atoms with E-state index >= 15 is 0 Å². The van der Waals surface area contributed by atoms with Gasteiger partial charge >= 0.3 is 12.1 Å². The fourth-order valence-corrected chi connectivity index (χ4v) is 2.72. The van der Waals surface area contributed by atoms with Crippen molar-refractivity contribution in [3.05, 3.63) is 58.8 Å². The predicted molar refractivity (Wildman–Crippen MR) is 99.4 cm³/mol. The van der Waals surface area contributed by atoms with E-state index in [0.29, 0.717) is 5.56 Å². The van der Waals surface area contributed by atoms with Crippen LogP contribution in [0.3, 0.4) is 0 Å². The Bertz CT molecular complexity index is 1030. The van der Waals surface area contributed by atoms with Gasteiger partial charge in [-0.3, -0.25) is 0 Å². The van der Waals surface area contributed by atoms with Crippen LogP contribution < -0.4 is 5.32 Å². The fraction of sp³-hybridized carbons (Fsp3) is 0.222. The second-order valence-corrected chi connectivity index (χ2v) is 6.34. The lowest BCUT2D eigenvalue weighted by atomic mass is 10.1. The zero-order valence-corrected chi connectivity index (χ0v) is 16.0. The first kappa shape index (κ1) is 20.6. The van der Waals surface area contributed by atoms with Crippen molar-refractivity contribution in [2.45, 2.75) is 12.7 Å². The van der Waals surface area contributed by atoms with Crippen LogP contribution in [0.25, 0.3) is 11.4 Å². The van der Waals surface area contributed by atoms with Gasteiger partial charge in [0.1, 0.15) is 17.2 Å². The number of rotatable bonds is 5. The molecule has 2 heterocycles. The highest BCUT2D eigenvalue weighted by Crippen LogP contribution is 2.30. The van der Waals surface area contributed by atoms with Gasteiger partial charge in [0.05, 0.1) is 7.11 Å². The number of hydrogen-bond donors (Lipinski definition) is 1. The topological polar surface area (TPSA) is 81.9 Å². The average Bonchev–Trinajstić information content (AvgIpc) is 3.08. The maximum absolute atomic E-state index is 12.8. The number of imidazole rings is 1. The number of carbonyl (C=O) groups is 1. The molecule has 0 aliphatic rings. The van der Waals surface area contributed by atoms with Crippen molar-refractivity contribution < 1.29 is 22.7 Å². The minimum atomic E-state index is -4.50. The van der Waals surface area contributed by atoms with E-state index in [2.05, 4.69) is 25.0 Å². The van der Waals surface area contributed by atoms with Gasteiger partial charge in [0.2, 0.25) is 5.28 Å². The summed E-state index contributed by atoms with van der Waals surface area (Å²) in [6.45, 7) is 0.284. The SMILES string of the molecule is COC(=O)c1cnc(Cl)nc1NCc1ccc(-c2nc(C(F)(F)F)cn2C)cc1. The normalized spacial score (nSPS) is 11.4. The molecule has 7 nitrogen and oxygen atoms in total. The molecule has 2 aromatic heterocycles. The molecule has 0 saturated carbocycles. The highest BCUT2D eigenvalue weighted by atomic mass is 35.5. The summed E-state index contributed by atoms with van der Waals surface area (Å²) in [6.07, 6.45) is -2.31. The molecule has 152 valence electrons. The van der Waals surface area contributed by atoms with Crippen LogP contribution in [-0.2, 0) is 24.5 Å². The van der Waals surface area contributed by atoms with Gasteiger partial charge in [0.25, 0.3) is 0 Å². The number of hydrogen-bond acceptors (Lipinski definition) is 6. The number of benzene rings is 1. The molecule has 1 aromatic carbocycles. The minimum Gasteiger partial charge on any atom is -0.465 e. The van der Waals surface area contributed by atoms with E-state index < -0.39 is 17.8 Å². The lowest BCUT2D eigenvalue weighted by Crippen LogP contribution is -2.11. The van der Waals surface area contributed by atoms with Crippen LogP contribution >= 0.6 is 11.6 Å². The van der Waals surface area contributed by atoms with Gasteiger partial charge in [0.15, 0.2) is 5.69 Å². The van der Waals surface area contributed by atoms with Crippen molar-refractivity contribution in [1.82, 2.24) is 19.5 Å². The second-order valence-electron chi connectivity index (χ2n) is 6.00. The van der Waals surface area contributed by atoms with Gasteiger partial charge in [-0.25, -0.2) is 14.8 Å². The maximum atomic E-state index is 12.8. The number of carbonyl (C=O) groups excluding carboxylic acids is 1. The smallest absolute Gasteiger partial charge is 0.434 e. The van der Waals surface area contributed by atoms with Crippen LogP contribution in [0, 0.1) is 0 Å². The summed E-state index contributed by atoms with van der Waals surface area (Å²) in [6, 6.07) is 6.77. The van der Waals surface area contributed by atoms with Gasteiger partial charge in [0, 0.05) is 31.5 Å². The number of nitrogens with zero attached hydrogens (tertiary/aromatic N) is 4. The van der Waals surface area contributed by atoms with Crippen LogP contribution in [0.15, 0.2) is 36.7 Å². The van der Waals surface area contributed by atoms with Crippen molar-refractivity contribution >= 4 is 23.4 Å². The van der Waals surface area contributed by atoms with Crippen LogP contribution in [0.2, 0.25) is 5.28 Å². The summed E-state index contributed by atoms with van der Waals surface area (Å²) in [4.78, 5) is 23.2. The zero-order valence-electron chi connectivity index (χ0n) is 15.3. The summed E-state index contributed by atoms with van der Waals surface area (Å²) < 4.78 is 44.5. The van der Waals surface area contributed by atoms with Gasteiger partial charge in [-0.1, -0.05) is 24.3 Å². The van der Waals surface area contributed by atoms with E-state index in [1.54, 1.807) is 24.3 Å². The van der Waals surface area contributed by atoms with E-state index in [-0.39, 0.29) is 29.0 Å². The van der Waals surface area contributed by atoms with Crippen molar-refractivity contribution in [1.29, 1.82) is 0 Å². The molecule has 0 atom stereocenters. The third-order valence-corrected chi connectivity index (χ3v) is 4.19. The number of esters is 1. The van der Waals surface area contributed by atoms with Crippen LogP contribution in [0.1, 0.15) is 21.6 Å². The molecule has 0 unspecified atom stereocenters. The van der Waals surface area contributed by atoms with Crippen molar-refractivity contribution in [3.63, 3.8) is 0 Å². The highest BCUT2D eigenvalue weighted by Gasteiger charge is 2.34. The second kappa shape index (κ2) is 8.08. The third-order valence-electron chi connectivity index (χ3n) is 4.00. The quantitative estimate of drug-likeness (QED) is 0.492. The summed E-state index contributed by atoms with van der Waals surface area (Å²) in [5, 5.41) is 2.94. The Kier molecular flexibility index (Phi) is 5.73. The number of alkyl halides is 3. The molecule has 0 bridgehead atoms. The molecule has 0 radical (unpaired) electrons. The first-order valence-corrected chi connectivity index (χ1v) is 8.61. The lowest BCUT2D eigenvalue weighted by Gasteiger charge is -2.10. The molecule has 0 fully saturated rings. The van der Waals surface area contributed by atoms with Gasteiger partial charge in [-0.2, -0.15) is 18.2 Å². The van der Waals surface area contributed by atoms with Gasteiger partial charge < -0.3 is 14.6 Å². The standard InChI is InChI=1S/C18H15ClF3N5O2/c1-27-9-13(18(20,21)22)25-15(27)11-5-3-10(4-6-11)7-23-14-12(16(28)29-2)8-24-17(19)26-14/h3-6,8-9H,7H2,1-2H3,(H,23,24,26). The number of methoxy groups -OCH3 is 1. The summed E-state index contributed by atoms with van der Waals surface area (Å²) in [7, 11) is 2.74. The first-order chi connectivity index (χ1) is 13.7. The number of ether oxygens (including phenoxy) is 1. The van der Waals surface area contributed by atoms with Gasteiger partial charge in [-0.05, 0) is 17.2 Å². The van der Waals surface area contributed by atoms with Crippen molar-refractivity contribution in [3.8, 4) is 11.4 Å². The van der Waals surface area contributed by atoms with Crippen LogP contribution in [-0.4, -0.2) is 32.6 Å². The summed E-state index contributed by atoms with van der Waals surface area (Å²) in [5.41, 5.74) is 0.509. The molecule has 1 N–H and O–H groups in total. The molecule has 3 rings (SSSR count). The molecule has 0 amide bonds. The Balaban J connectivity index is 1.77. The lowest BCUT2D eigenvalue weighted by molar-refractivity contribution is -0.140. The molecule has 0 saturated heterocycles. The molecule has 29 heavy (non-hydrogen) atoms. The molecule has 3 aromatic rings. The van der Waals surface area contributed by atoms with E-state index in [1.807, 2.05) is 0 Å². The Labute approximate surface area is 168 Å². The number of nitrogens with one attached hydrogen (secondary N) is 1. The summed E-state index contributed by atoms with van der Waals surface area (Å²) >= 11 is 5.78. The molecule has 0 spiro atoms. The van der Waals surface area contributed by atoms with Crippen LogP contribution in [0.4, 0.5) is 19.0 Å². The highest BCUT2D eigenvalue weighted by molar-refractivity contribution is 6.28. The fourth-order valence-electron chi connectivity index (χ4n) is 2.58. The Morgan fingerprint density at radius 2 is 1.93 bits per heavy atom. The van der Waals surface area contributed by atoms with Crippen molar-refractivity contribution in [2.24, 2.45) is 7.05 Å². The Morgan fingerprint density at radius 3 is 2.52 bits per heavy atom. The number of halogens is 4. The first-order valence-electron chi connectivity index (χ1n) is 8.23. The van der Waals surface area contributed by atoms with E-state index in [0.717, 1.165) is 11.8 Å². The molecule has 0 aliphatic carbocycles. The molecule has 11 heteroatoms. The van der Waals surface area contributed by atoms with E-state index in [4.69, 9.17) is 11.6 Å². The summed E-state index contributed by atoms with van der Waals surface area (Å²) in [5.74, 6) is -0.206. The van der Waals surface area contributed by atoms with Crippen molar-refractivity contribution in [2.75, 3.05) is 12.4 Å². The van der Waals surface area contributed by atoms with E-state index in [9.17, 15) is 18.0 Å². The minimum absolute atomic E-state index is 0.0363. The predicted octanol–water partition coefficient (Wildman–Crippen LogP) is 3.95. The Morgan fingerprint density at radius 1 is 1.24 bits per heavy atom. The Hall–Kier alpha value is -3.14. The largest absolute Gasteiger partial charge is 0.465 e. The third kappa shape index (κ3) is 4.65. The van der Waals surface area contributed by atoms with E-state index in [1.165, 1.54) is 24.9 Å². The maximum Gasteiger partial charge on any atom is 0.434 e. The number of anilines is 1. The monoisotopic (exact) mass is 425 g/mol. The zero-order chi connectivity index (χ0) is 21.2. The average molecular weight is 426 g/mol. The number of aryl methyl sites for hydroxylation is 1. The molecular weight excluding hydrogens is 411 g/mol. The van der Waals surface area contributed by atoms with Gasteiger partial charge in [-0.15, -0.1) is 0 Å². The molecular formula is C18H15ClF3N5O2. The van der Waals surface area contributed by atoms with Crippen LogP contribution in [0.5, 0.6) is 0 Å². The number of aromatic nitrogens is 4. The molecule has 0 aliphatic heterocycles.